The number of fused-ring (bicyclic) bond motifs is 1. The van der Waals surface area contributed by atoms with E-state index < -0.39 is 23.7 Å². The number of anilines is 1. The third-order valence-corrected chi connectivity index (χ3v) is 5.20. The van der Waals surface area contributed by atoms with Crippen molar-refractivity contribution < 1.29 is 9.53 Å². The molecule has 1 N–H and O–H groups in total. The van der Waals surface area contributed by atoms with Gasteiger partial charge in [-0.3, -0.25) is 14.2 Å². The number of aryl methyl sites for hydroxylation is 3. The fourth-order valence-corrected chi connectivity index (χ4v) is 3.46. The van der Waals surface area contributed by atoms with Gasteiger partial charge in [-0.15, -0.1) is 0 Å². The van der Waals surface area contributed by atoms with Gasteiger partial charge in [0.1, 0.15) is 12.3 Å². The Bertz CT molecular complexity index is 1450. The second kappa shape index (κ2) is 8.35. The maximum absolute atomic E-state index is 12.8. The summed E-state index contributed by atoms with van der Waals surface area (Å²) in [5.74, 6) is 0.371. The molecule has 0 aliphatic rings. The number of nitrogens with one attached hydrogen (secondary N) is 1. The van der Waals surface area contributed by atoms with Crippen LogP contribution >= 0.6 is 11.6 Å². The molecule has 0 spiro atoms. The molecule has 4 rings (SSSR count). The summed E-state index contributed by atoms with van der Waals surface area (Å²) < 4.78 is 9.49. The Morgan fingerprint density at radius 2 is 1.84 bits per heavy atom. The molecule has 2 heterocycles. The van der Waals surface area contributed by atoms with E-state index in [9.17, 15) is 14.4 Å². The number of benzene rings is 2. The van der Waals surface area contributed by atoms with E-state index >= 15 is 0 Å². The van der Waals surface area contributed by atoms with Crippen molar-refractivity contribution in [3.05, 3.63) is 80.2 Å². The van der Waals surface area contributed by atoms with E-state index in [0.29, 0.717) is 22.2 Å². The lowest BCUT2D eigenvalue weighted by Crippen LogP contribution is -2.42. The van der Waals surface area contributed by atoms with Crippen molar-refractivity contribution in [2.24, 2.45) is 14.1 Å². The third kappa shape index (κ3) is 4.02. The van der Waals surface area contributed by atoms with E-state index in [1.807, 2.05) is 31.2 Å². The summed E-state index contributed by atoms with van der Waals surface area (Å²) >= 11 is 6.10. The number of rotatable bonds is 5. The minimum absolute atomic E-state index is 0.228. The molecule has 0 unspecified atom stereocenters. The largest absolute Gasteiger partial charge is 0.455 e. The molecule has 9 nitrogen and oxygen atoms in total. The van der Waals surface area contributed by atoms with Crippen molar-refractivity contribution >= 4 is 34.4 Å². The van der Waals surface area contributed by atoms with E-state index in [1.165, 1.54) is 28.6 Å². The smallest absolute Gasteiger partial charge is 0.332 e. The lowest BCUT2D eigenvalue weighted by atomic mass is 10.2. The van der Waals surface area contributed by atoms with Crippen molar-refractivity contribution in [3.8, 4) is 11.5 Å². The van der Waals surface area contributed by atoms with Gasteiger partial charge >= 0.3 is 5.69 Å². The van der Waals surface area contributed by atoms with Gasteiger partial charge in [-0.25, -0.2) is 14.3 Å². The second-order valence-electron chi connectivity index (χ2n) is 7.36. The molecule has 164 valence electrons. The molecule has 0 saturated heterocycles. The summed E-state index contributed by atoms with van der Waals surface area (Å²) in [6, 6.07) is 12.2. The van der Waals surface area contributed by atoms with Crippen molar-refractivity contribution in [3.63, 3.8) is 0 Å². The maximum atomic E-state index is 12.8. The Morgan fingerprint density at radius 1 is 1.12 bits per heavy atom. The van der Waals surface area contributed by atoms with Crippen LogP contribution in [0.4, 0.5) is 5.69 Å². The van der Waals surface area contributed by atoms with Gasteiger partial charge in [-0.1, -0.05) is 29.3 Å². The number of hydrogen-bond donors (Lipinski definition) is 1. The lowest BCUT2D eigenvalue weighted by Gasteiger charge is -2.14. The Morgan fingerprint density at radius 3 is 2.56 bits per heavy atom. The summed E-state index contributed by atoms with van der Waals surface area (Å²) in [4.78, 5) is 42.3. The van der Waals surface area contributed by atoms with Crippen LogP contribution in [0.3, 0.4) is 0 Å². The molecule has 0 aliphatic carbocycles. The first-order valence-electron chi connectivity index (χ1n) is 9.69. The molecule has 10 heteroatoms. The molecule has 4 aromatic rings. The van der Waals surface area contributed by atoms with Crippen LogP contribution in [0.5, 0.6) is 11.5 Å². The van der Waals surface area contributed by atoms with Crippen molar-refractivity contribution in [2.75, 3.05) is 5.32 Å². The van der Waals surface area contributed by atoms with Gasteiger partial charge in [0.05, 0.1) is 12.0 Å². The van der Waals surface area contributed by atoms with Crippen LogP contribution < -0.4 is 21.3 Å². The zero-order valence-electron chi connectivity index (χ0n) is 17.6. The maximum Gasteiger partial charge on any atom is 0.332 e. The first kappa shape index (κ1) is 21.4. The highest BCUT2D eigenvalue weighted by atomic mass is 35.5. The Kier molecular flexibility index (Phi) is 5.58. The topological polar surface area (TPSA) is 100 Å². The van der Waals surface area contributed by atoms with Crippen molar-refractivity contribution in [2.45, 2.75) is 13.5 Å². The van der Waals surface area contributed by atoms with Crippen LogP contribution in [-0.2, 0) is 25.4 Å². The van der Waals surface area contributed by atoms with Gasteiger partial charge in [-0.2, -0.15) is 0 Å². The normalized spacial score (nSPS) is 11.0. The SMILES string of the molecule is Cc1ccc(Oc2ccc(Cl)cc2NC(=O)Cn2c(=O)c3c(ncn3C)n(C)c2=O)cc1. The van der Waals surface area contributed by atoms with E-state index in [2.05, 4.69) is 10.3 Å². The van der Waals surface area contributed by atoms with E-state index in [4.69, 9.17) is 16.3 Å². The van der Waals surface area contributed by atoms with Gasteiger partial charge < -0.3 is 14.6 Å². The highest BCUT2D eigenvalue weighted by Gasteiger charge is 2.18. The summed E-state index contributed by atoms with van der Waals surface area (Å²) in [5.41, 5.74) is 0.641. The predicted molar refractivity (Wildman–Crippen MR) is 122 cm³/mol. The van der Waals surface area contributed by atoms with E-state index in [0.717, 1.165) is 10.1 Å². The minimum Gasteiger partial charge on any atom is -0.455 e. The van der Waals surface area contributed by atoms with E-state index in [1.54, 1.807) is 19.2 Å². The Balaban J connectivity index is 1.63. The number of nitrogens with zero attached hydrogens (tertiary/aromatic N) is 4. The molecule has 1 amide bonds. The summed E-state index contributed by atoms with van der Waals surface area (Å²) in [5, 5.41) is 3.07. The molecule has 2 aromatic carbocycles. The molecule has 0 saturated carbocycles. The number of hydrogen-bond acceptors (Lipinski definition) is 5. The van der Waals surface area contributed by atoms with Crippen molar-refractivity contribution in [1.29, 1.82) is 0 Å². The predicted octanol–water partition coefficient (Wildman–Crippen LogP) is 2.83. The number of imidazole rings is 1. The van der Waals surface area contributed by atoms with Crippen LogP contribution in [0.15, 0.2) is 58.4 Å². The Labute approximate surface area is 187 Å². The number of carbonyl (C=O) groups is 1. The first-order chi connectivity index (χ1) is 15.2. The summed E-state index contributed by atoms with van der Waals surface area (Å²) in [6.07, 6.45) is 1.44. The van der Waals surface area contributed by atoms with Crippen LogP contribution in [0, 0.1) is 6.92 Å². The molecule has 0 atom stereocenters. The third-order valence-electron chi connectivity index (χ3n) is 4.97. The quantitative estimate of drug-likeness (QED) is 0.501. The number of carbonyl (C=O) groups excluding carboxylic acids is 1. The average Bonchev–Trinajstić information content (AvgIpc) is 3.15. The van der Waals surface area contributed by atoms with E-state index in [-0.39, 0.29) is 11.2 Å². The number of halogens is 1. The van der Waals surface area contributed by atoms with Gasteiger partial charge in [0.2, 0.25) is 5.91 Å². The van der Waals surface area contributed by atoms with Crippen LogP contribution in [0.1, 0.15) is 5.56 Å². The average molecular weight is 454 g/mol. The molecule has 0 fully saturated rings. The summed E-state index contributed by atoms with van der Waals surface area (Å²) in [7, 11) is 3.14. The van der Waals surface area contributed by atoms with Crippen molar-refractivity contribution in [1.82, 2.24) is 18.7 Å². The van der Waals surface area contributed by atoms with Gasteiger partial charge in [0.25, 0.3) is 5.56 Å². The number of amides is 1. The zero-order chi connectivity index (χ0) is 23.0. The zero-order valence-corrected chi connectivity index (χ0v) is 18.4. The monoisotopic (exact) mass is 453 g/mol. The minimum atomic E-state index is -0.640. The highest BCUT2D eigenvalue weighted by molar-refractivity contribution is 6.31. The standard InChI is InChI=1S/C22H20ClN5O4/c1-13-4-7-15(8-5-13)32-17-9-6-14(23)10-16(17)25-18(29)11-28-21(30)19-20(24-12-26(19)2)27(3)22(28)31/h4-10,12H,11H2,1-3H3,(H,25,29). The lowest BCUT2D eigenvalue weighted by molar-refractivity contribution is -0.116. The molecule has 2 aromatic heterocycles. The second-order valence-corrected chi connectivity index (χ2v) is 7.80. The Hall–Kier alpha value is -3.85. The highest BCUT2D eigenvalue weighted by Crippen LogP contribution is 2.32. The number of ether oxygens (including phenoxy) is 1. The molecule has 32 heavy (non-hydrogen) atoms. The molecule has 0 aliphatic heterocycles. The molecular formula is C22H20ClN5O4. The molecular weight excluding hydrogens is 434 g/mol. The van der Waals surface area contributed by atoms with Gasteiger partial charge in [-0.05, 0) is 37.3 Å². The van der Waals surface area contributed by atoms with Gasteiger partial charge in [0, 0.05) is 19.1 Å². The fraction of sp³-hybridized carbons (Fsp3) is 0.182. The molecule has 0 bridgehead atoms. The molecule has 0 radical (unpaired) electrons. The van der Waals surface area contributed by atoms with Crippen LogP contribution in [0.2, 0.25) is 5.02 Å². The van der Waals surface area contributed by atoms with Gasteiger partial charge in [0.15, 0.2) is 16.9 Å². The fourth-order valence-electron chi connectivity index (χ4n) is 3.29. The van der Waals surface area contributed by atoms with Crippen LogP contribution in [-0.4, -0.2) is 24.6 Å². The first-order valence-corrected chi connectivity index (χ1v) is 10.1. The summed E-state index contributed by atoms with van der Waals surface area (Å²) in [6.45, 7) is 1.48. The number of aromatic nitrogens is 4. The van der Waals surface area contributed by atoms with Crippen LogP contribution in [0.25, 0.3) is 11.2 Å².